The molecule has 158 valence electrons. The topological polar surface area (TPSA) is 52.7 Å². The van der Waals surface area contributed by atoms with Crippen molar-refractivity contribution in [2.24, 2.45) is 5.92 Å². The Morgan fingerprint density at radius 2 is 1.73 bits per heavy atom. The van der Waals surface area contributed by atoms with E-state index in [0.29, 0.717) is 18.9 Å². The lowest BCUT2D eigenvalue weighted by molar-refractivity contribution is -0.125. The molecule has 0 unspecified atom stereocenters. The molecule has 2 heterocycles. The van der Waals surface area contributed by atoms with Gasteiger partial charge in [-0.3, -0.25) is 19.4 Å². The Bertz CT molecular complexity index is 901. The lowest BCUT2D eigenvalue weighted by Crippen LogP contribution is -2.49. The molecule has 2 aliphatic heterocycles. The number of hydrogen-bond donors (Lipinski definition) is 1. The second-order valence-electron chi connectivity index (χ2n) is 8.69. The molecule has 5 heteroatoms. The zero-order valence-electron chi connectivity index (χ0n) is 17.9. The van der Waals surface area contributed by atoms with Gasteiger partial charge in [-0.05, 0) is 56.0 Å². The monoisotopic (exact) mass is 405 g/mol. The maximum Gasteiger partial charge on any atom is 0.243 e. The van der Waals surface area contributed by atoms with Crippen LogP contribution in [0.25, 0.3) is 0 Å². The molecule has 1 saturated heterocycles. The summed E-state index contributed by atoms with van der Waals surface area (Å²) < 4.78 is 0. The second kappa shape index (κ2) is 9.00. The molecular formula is C25H31N3O2. The average Bonchev–Trinajstić information content (AvgIpc) is 3.15. The summed E-state index contributed by atoms with van der Waals surface area (Å²) in [5.41, 5.74) is 4.59. The Kier molecular flexibility index (Phi) is 6.18. The van der Waals surface area contributed by atoms with Crippen molar-refractivity contribution >= 4 is 17.5 Å². The van der Waals surface area contributed by atoms with Crippen LogP contribution in [0.5, 0.6) is 0 Å². The molecule has 0 radical (unpaired) electrons. The Hall–Kier alpha value is -2.66. The standard InChI is InChI=1S/C25H31N3O2/c1-18-7-9-21(10-8-18)17-27-13-11-20(12-14-27)16-26-25(30)24-15-22-5-3-4-6-23(22)28(24)19(2)29/h3-10,20,24H,11-17H2,1-2H3,(H,26,30)/t24-/m0/s1. The van der Waals surface area contributed by atoms with Gasteiger partial charge in [0.05, 0.1) is 0 Å². The van der Waals surface area contributed by atoms with Crippen molar-refractivity contribution in [1.29, 1.82) is 0 Å². The fourth-order valence-electron chi connectivity index (χ4n) is 4.65. The highest BCUT2D eigenvalue weighted by Gasteiger charge is 2.36. The molecule has 0 aromatic heterocycles. The van der Waals surface area contributed by atoms with Crippen molar-refractivity contribution in [3.8, 4) is 0 Å². The number of nitrogens with one attached hydrogen (secondary N) is 1. The Morgan fingerprint density at radius 3 is 2.43 bits per heavy atom. The van der Waals surface area contributed by atoms with E-state index in [9.17, 15) is 9.59 Å². The first-order valence-corrected chi connectivity index (χ1v) is 10.9. The molecule has 0 bridgehead atoms. The average molecular weight is 406 g/mol. The maximum atomic E-state index is 12.9. The number of amides is 2. The van der Waals surface area contributed by atoms with Gasteiger partial charge in [0.1, 0.15) is 6.04 Å². The second-order valence-corrected chi connectivity index (χ2v) is 8.69. The first-order valence-electron chi connectivity index (χ1n) is 10.9. The van der Waals surface area contributed by atoms with Gasteiger partial charge in [-0.1, -0.05) is 48.0 Å². The number of hydrogen-bond acceptors (Lipinski definition) is 3. The summed E-state index contributed by atoms with van der Waals surface area (Å²) in [6.45, 7) is 7.45. The molecule has 2 aromatic rings. The number of para-hydroxylation sites is 1. The maximum absolute atomic E-state index is 12.9. The molecule has 0 spiro atoms. The van der Waals surface area contributed by atoms with Crippen LogP contribution in [-0.4, -0.2) is 42.4 Å². The van der Waals surface area contributed by atoms with E-state index in [1.165, 1.54) is 18.1 Å². The van der Waals surface area contributed by atoms with E-state index in [4.69, 9.17) is 0 Å². The number of rotatable bonds is 5. The van der Waals surface area contributed by atoms with Gasteiger partial charge in [0.2, 0.25) is 11.8 Å². The summed E-state index contributed by atoms with van der Waals surface area (Å²) >= 11 is 0. The van der Waals surface area contributed by atoms with Crippen molar-refractivity contribution < 1.29 is 9.59 Å². The number of nitrogens with zero attached hydrogens (tertiary/aromatic N) is 2. The Labute approximate surface area is 179 Å². The van der Waals surface area contributed by atoms with Crippen LogP contribution < -0.4 is 10.2 Å². The Balaban J connectivity index is 1.26. The summed E-state index contributed by atoms with van der Waals surface area (Å²) in [5, 5.41) is 3.13. The van der Waals surface area contributed by atoms with Gasteiger partial charge in [-0.15, -0.1) is 0 Å². The smallest absolute Gasteiger partial charge is 0.243 e. The summed E-state index contributed by atoms with van der Waals surface area (Å²) in [7, 11) is 0. The minimum atomic E-state index is -0.429. The molecule has 0 saturated carbocycles. The summed E-state index contributed by atoms with van der Waals surface area (Å²) in [5.74, 6) is 0.380. The van der Waals surface area contributed by atoms with E-state index in [1.54, 1.807) is 4.90 Å². The highest BCUT2D eigenvalue weighted by atomic mass is 16.2. The van der Waals surface area contributed by atoms with Gasteiger partial charge in [-0.25, -0.2) is 0 Å². The summed E-state index contributed by atoms with van der Waals surface area (Å²) in [4.78, 5) is 29.2. The molecule has 30 heavy (non-hydrogen) atoms. The van der Waals surface area contributed by atoms with Crippen LogP contribution in [0.15, 0.2) is 48.5 Å². The van der Waals surface area contributed by atoms with Gasteiger partial charge >= 0.3 is 0 Å². The minimum Gasteiger partial charge on any atom is -0.354 e. The molecule has 2 aromatic carbocycles. The predicted octanol–water partition coefficient (Wildman–Crippen LogP) is 3.30. The summed E-state index contributed by atoms with van der Waals surface area (Å²) in [6, 6.07) is 16.1. The Morgan fingerprint density at radius 1 is 1.03 bits per heavy atom. The van der Waals surface area contributed by atoms with Crippen molar-refractivity contribution in [3.05, 3.63) is 65.2 Å². The van der Waals surface area contributed by atoms with Gasteiger partial charge in [-0.2, -0.15) is 0 Å². The number of carbonyl (C=O) groups is 2. The fourth-order valence-corrected chi connectivity index (χ4v) is 4.65. The number of aryl methyl sites for hydroxylation is 1. The fraction of sp³-hybridized carbons (Fsp3) is 0.440. The number of anilines is 1. The third-order valence-electron chi connectivity index (χ3n) is 6.42. The zero-order valence-corrected chi connectivity index (χ0v) is 17.9. The van der Waals surface area contributed by atoms with Gasteiger partial charge in [0.15, 0.2) is 0 Å². The quantitative estimate of drug-likeness (QED) is 0.830. The van der Waals surface area contributed by atoms with Gasteiger partial charge < -0.3 is 5.32 Å². The van der Waals surface area contributed by atoms with Crippen LogP contribution >= 0.6 is 0 Å². The van der Waals surface area contributed by atoms with Crippen molar-refractivity contribution in [2.75, 3.05) is 24.5 Å². The van der Waals surface area contributed by atoms with Crippen LogP contribution in [0.2, 0.25) is 0 Å². The first kappa shape index (κ1) is 20.6. The summed E-state index contributed by atoms with van der Waals surface area (Å²) in [6.07, 6.45) is 2.78. The van der Waals surface area contributed by atoms with Gasteiger partial charge in [0.25, 0.3) is 0 Å². The van der Waals surface area contributed by atoms with E-state index < -0.39 is 6.04 Å². The van der Waals surface area contributed by atoms with Crippen molar-refractivity contribution in [2.45, 2.75) is 45.7 Å². The lowest BCUT2D eigenvalue weighted by atomic mass is 9.96. The van der Waals surface area contributed by atoms with E-state index in [-0.39, 0.29) is 11.8 Å². The molecule has 1 atom stereocenters. The lowest BCUT2D eigenvalue weighted by Gasteiger charge is -2.32. The minimum absolute atomic E-state index is 0.0384. The molecule has 4 rings (SSSR count). The van der Waals surface area contributed by atoms with Crippen LogP contribution in [-0.2, 0) is 22.6 Å². The predicted molar refractivity (Wildman–Crippen MR) is 119 cm³/mol. The van der Waals surface area contributed by atoms with E-state index >= 15 is 0 Å². The van der Waals surface area contributed by atoms with E-state index in [0.717, 1.165) is 43.7 Å². The first-order chi connectivity index (χ1) is 14.5. The van der Waals surface area contributed by atoms with E-state index in [2.05, 4.69) is 41.4 Å². The SMILES string of the molecule is CC(=O)N1c2ccccc2C[C@H]1C(=O)NCC1CCN(Cc2ccc(C)cc2)CC1. The highest BCUT2D eigenvalue weighted by molar-refractivity contribution is 6.02. The molecule has 0 aliphatic carbocycles. The molecule has 2 amide bonds. The van der Waals surface area contributed by atoms with Crippen LogP contribution in [0.3, 0.4) is 0 Å². The number of fused-ring (bicyclic) bond motifs is 1. The molecule has 1 fully saturated rings. The van der Waals surface area contributed by atoms with E-state index in [1.807, 2.05) is 24.3 Å². The van der Waals surface area contributed by atoms with Crippen molar-refractivity contribution in [3.63, 3.8) is 0 Å². The highest BCUT2D eigenvalue weighted by Crippen LogP contribution is 2.32. The molecule has 5 nitrogen and oxygen atoms in total. The van der Waals surface area contributed by atoms with Crippen LogP contribution in [0.4, 0.5) is 5.69 Å². The number of piperidine rings is 1. The molecule has 2 aliphatic rings. The number of carbonyl (C=O) groups excluding carboxylic acids is 2. The number of benzene rings is 2. The normalized spacial score (nSPS) is 19.5. The third-order valence-corrected chi connectivity index (χ3v) is 6.42. The van der Waals surface area contributed by atoms with Crippen molar-refractivity contribution in [1.82, 2.24) is 10.2 Å². The molecular weight excluding hydrogens is 374 g/mol. The zero-order chi connectivity index (χ0) is 21.1. The molecule has 1 N–H and O–H groups in total. The third kappa shape index (κ3) is 4.57. The number of likely N-dealkylation sites (tertiary alicyclic amines) is 1. The van der Waals surface area contributed by atoms with Gasteiger partial charge in [0, 0.05) is 32.1 Å². The largest absolute Gasteiger partial charge is 0.354 e. The van der Waals surface area contributed by atoms with Crippen LogP contribution in [0, 0.1) is 12.8 Å². The van der Waals surface area contributed by atoms with Crippen LogP contribution in [0.1, 0.15) is 36.5 Å².